The molecule has 0 spiro atoms. The van der Waals surface area contributed by atoms with E-state index >= 15 is 0 Å². The topological polar surface area (TPSA) is 80.3 Å². The monoisotopic (exact) mass is 289 g/mol. The number of rotatable bonds is 4. The van der Waals surface area contributed by atoms with Crippen molar-refractivity contribution in [1.29, 1.82) is 0 Å². The van der Waals surface area contributed by atoms with Crippen LogP contribution in [0.3, 0.4) is 0 Å². The average molecular weight is 289 g/mol. The van der Waals surface area contributed by atoms with Crippen molar-refractivity contribution in [2.75, 3.05) is 6.61 Å². The summed E-state index contributed by atoms with van der Waals surface area (Å²) >= 11 is 0. The summed E-state index contributed by atoms with van der Waals surface area (Å²) in [6.07, 6.45) is 2.91. The highest BCUT2D eigenvalue weighted by atomic mass is 19.1. The lowest BCUT2D eigenvalue weighted by molar-refractivity contribution is -0.123. The maximum Gasteiger partial charge on any atom is 0.276 e. The number of para-hydroxylation sites is 1. The molecule has 0 unspecified atom stereocenters. The van der Waals surface area contributed by atoms with E-state index in [0.717, 1.165) is 0 Å². The number of aromatic nitrogens is 1. The van der Waals surface area contributed by atoms with Crippen LogP contribution < -0.4 is 15.6 Å². The third-order valence-corrected chi connectivity index (χ3v) is 2.45. The van der Waals surface area contributed by atoms with Gasteiger partial charge in [-0.25, -0.2) is 4.39 Å². The fraction of sp³-hybridized carbons (Fsp3) is 0.0714. The summed E-state index contributed by atoms with van der Waals surface area (Å²) in [4.78, 5) is 26.9. The number of benzene rings is 1. The molecule has 0 atom stereocenters. The lowest BCUT2D eigenvalue weighted by Gasteiger charge is -2.09. The van der Waals surface area contributed by atoms with Gasteiger partial charge in [-0.2, -0.15) is 0 Å². The van der Waals surface area contributed by atoms with E-state index in [-0.39, 0.29) is 5.75 Å². The average Bonchev–Trinajstić information content (AvgIpc) is 2.52. The van der Waals surface area contributed by atoms with Crippen molar-refractivity contribution in [3.05, 3.63) is 60.2 Å². The highest BCUT2D eigenvalue weighted by Crippen LogP contribution is 2.14. The van der Waals surface area contributed by atoms with E-state index in [2.05, 4.69) is 15.8 Å². The lowest BCUT2D eigenvalue weighted by atomic mass is 10.3. The third kappa shape index (κ3) is 4.27. The fourth-order valence-corrected chi connectivity index (χ4v) is 1.44. The first-order valence-corrected chi connectivity index (χ1v) is 6.03. The molecule has 2 amide bonds. The lowest BCUT2D eigenvalue weighted by Crippen LogP contribution is -2.43. The van der Waals surface area contributed by atoms with Crippen molar-refractivity contribution in [1.82, 2.24) is 15.8 Å². The maximum atomic E-state index is 13.2. The minimum Gasteiger partial charge on any atom is -0.481 e. The molecule has 0 saturated heterocycles. The number of carbonyl (C=O) groups excluding carboxylic acids is 2. The molecule has 0 aliphatic carbocycles. The van der Waals surface area contributed by atoms with Gasteiger partial charge in [0.05, 0.1) is 0 Å². The number of carbonyl (C=O) groups is 2. The summed E-state index contributed by atoms with van der Waals surface area (Å²) in [6.45, 7) is -0.419. The van der Waals surface area contributed by atoms with Crippen LogP contribution in [-0.4, -0.2) is 23.4 Å². The van der Waals surface area contributed by atoms with Gasteiger partial charge in [0, 0.05) is 18.0 Å². The van der Waals surface area contributed by atoms with Gasteiger partial charge in [-0.3, -0.25) is 25.4 Å². The number of amides is 2. The second kappa shape index (κ2) is 6.99. The minimum absolute atomic E-state index is 0.0342. The Morgan fingerprint density at radius 3 is 2.52 bits per heavy atom. The summed E-state index contributed by atoms with van der Waals surface area (Å²) in [7, 11) is 0. The van der Waals surface area contributed by atoms with E-state index in [1.807, 2.05) is 0 Å². The highest BCUT2D eigenvalue weighted by molar-refractivity contribution is 5.95. The van der Waals surface area contributed by atoms with Crippen molar-refractivity contribution in [3.63, 3.8) is 0 Å². The van der Waals surface area contributed by atoms with Crippen LogP contribution in [0.5, 0.6) is 5.75 Å². The summed E-state index contributed by atoms with van der Waals surface area (Å²) in [5.41, 5.74) is 4.72. The van der Waals surface area contributed by atoms with Gasteiger partial charge in [-0.05, 0) is 24.3 Å². The number of hydrogen-bond donors (Lipinski definition) is 2. The molecule has 1 aromatic heterocycles. The molecule has 2 aromatic rings. The van der Waals surface area contributed by atoms with Crippen LogP contribution >= 0.6 is 0 Å². The van der Waals surface area contributed by atoms with Crippen molar-refractivity contribution in [2.24, 2.45) is 0 Å². The number of pyridine rings is 1. The maximum absolute atomic E-state index is 13.2. The standard InChI is InChI=1S/C14H12FN3O3/c15-11-3-1-2-4-12(11)21-9-13(19)17-18-14(20)10-5-7-16-8-6-10/h1-8H,9H2,(H,17,19)(H,18,20). The summed E-state index contributed by atoms with van der Waals surface area (Å²) in [5, 5.41) is 0. The van der Waals surface area contributed by atoms with Gasteiger partial charge in [-0.15, -0.1) is 0 Å². The molecule has 2 rings (SSSR count). The van der Waals surface area contributed by atoms with E-state index in [9.17, 15) is 14.0 Å². The fourth-order valence-electron chi connectivity index (χ4n) is 1.44. The Kier molecular flexibility index (Phi) is 4.81. The first kappa shape index (κ1) is 14.4. The van der Waals surface area contributed by atoms with Gasteiger partial charge >= 0.3 is 0 Å². The molecule has 0 fully saturated rings. The van der Waals surface area contributed by atoms with Crippen LogP contribution in [0.1, 0.15) is 10.4 Å². The summed E-state index contributed by atoms with van der Waals surface area (Å²) in [5.74, 6) is -1.70. The predicted molar refractivity (Wildman–Crippen MR) is 71.7 cm³/mol. The van der Waals surface area contributed by atoms with E-state index in [4.69, 9.17) is 4.74 Å². The Hall–Kier alpha value is -2.96. The van der Waals surface area contributed by atoms with Gasteiger partial charge in [0.25, 0.3) is 11.8 Å². The molecule has 6 nitrogen and oxygen atoms in total. The van der Waals surface area contributed by atoms with Crippen molar-refractivity contribution < 1.29 is 18.7 Å². The van der Waals surface area contributed by atoms with Crippen LogP contribution in [0.15, 0.2) is 48.8 Å². The van der Waals surface area contributed by atoms with E-state index in [1.165, 1.54) is 42.7 Å². The molecule has 1 heterocycles. The van der Waals surface area contributed by atoms with Crippen molar-refractivity contribution in [3.8, 4) is 5.75 Å². The van der Waals surface area contributed by atoms with Crippen molar-refractivity contribution >= 4 is 11.8 Å². The number of ether oxygens (including phenoxy) is 1. The van der Waals surface area contributed by atoms with Gasteiger partial charge in [-0.1, -0.05) is 12.1 Å². The zero-order chi connectivity index (χ0) is 15.1. The van der Waals surface area contributed by atoms with Gasteiger partial charge in [0.1, 0.15) is 0 Å². The molecular formula is C14H12FN3O3. The van der Waals surface area contributed by atoms with E-state index in [1.54, 1.807) is 6.07 Å². The second-order valence-corrected chi connectivity index (χ2v) is 3.96. The predicted octanol–water partition coefficient (Wildman–Crippen LogP) is 1.06. The third-order valence-electron chi connectivity index (χ3n) is 2.45. The van der Waals surface area contributed by atoms with Gasteiger partial charge in [0.2, 0.25) is 0 Å². The smallest absolute Gasteiger partial charge is 0.276 e. The number of nitrogens with one attached hydrogen (secondary N) is 2. The second-order valence-electron chi connectivity index (χ2n) is 3.96. The van der Waals surface area contributed by atoms with E-state index < -0.39 is 24.2 Å². The Morgan fingerprint density at radius 2 is 1.81 bits per heavy atom. The van der Waals surface area contributed by atoms with Gasteiger partial charge in [0.15, 0.2) is 18.2 Å². The first-order valence-electron chi connectivity index (χ1n) is 6.03. The molecule has 1 aromatic carbocycles. The molecule has 0 radical (unpaired) electrons. The SMILES string of the molecule is O=C(COc1ccccc1F)NNC(=O)c1ccncc1. The Balaban J connectivity index is 1.78. The van der Waals surface area contributed by atoms with Crippen LogP contribution in [0.25, 0.3) is 0 Å². The Labute approximate surface area is 119 Å². The number of hydrazine groups is 1. The van der Waals surface area contributed by atoms with Crippen LogP contribution in [0, 0.1) is 5.82 Å². The Morgan fingerprint density at radius 1 is 1.10 bits per heavy atom. The van der Waals surface area contributed by atoms with Crippen LogP contribution in [0.2, 0.25) is 0 Å². The summed E-state index contributed by atoms with van der Waals surface area (Å²) < 4.78 is 18.2. The zero-order valence-electron chi connectivity index (χ0n) is 10.9. The summed E-state index contributed by atoms with van der Waals surface area (Å²) in [6, 6.07) is 8.71. The molecule has 108 valence electrons. The molecule has 2 N–H and O–H groups in total. The normalized spacial score (nSPS) is 9.76. The zero-order valence-corrected chi connectivity index (χ0v) is 10.9. The molecular weight excluding hydrogens is 277 g/mol. The number of nitrogens with zero attached hydrogens (tertiary/aromatic N) is 1. The number of hydrogen-bond acceptors (Lipinski definition) is 4. The number of halogens is 1. The largest absolute Gasteiger partial charge is 0.481 e. The quantitative estimate of drug-likeness (QED) is 0.825. The van der Waals surface area contributed by atoms with Gasteiger partial charge < -0.3 is 4.74 Å². The molecule has 7 heteroatoms. The molecule has 0 saturated carbocycles. The Bertz CT molecular complexity index is 634. The molecule has 0 bridgehead atoms. The van der Waals surface area contributed by atoms with Crippen LogP contribution in [0.4, 0.5) is 4.39 Å². The minimum atomic E-state index is -0.611. The molecule has 0 aliphatic heterocycles. The van der Waals surface area contributed by atoms with E-state index in [0.29, 0.717) is 5.56 Å². The molecule has 0 aliphatic rings. The highest BCUT2D eigenvalue weighted by Gasteiger charge is 2.08. The molecule has 21 heavy (non-hydrogen) atoms. The van der Waals surface area contributed by atoms with Crippen LogP contribution in [-0.2, 0) is 4.79 Å². The first-order chi connectivity index (χ1) is 10.2. The van der Waals surface area contributed by atoms with Crippen molar-refractivity contribution in [2.45, 2.75) is 0 Å².